The Bertz CT molecular complexity index is 302. The highest BCUT2D eigenvalue weighted by Gasteiger charge is 2.16. The molecule has 0 bridgehead atoms. The second-order valence-electron chi connectivity index (χ2n) is 3.74. The minimum atomic E-state index is -1.47. The summed E-state index contributed by atoms with van der Waals surface area (Å²) in [6, 6.07) is 6.97. The first-order chi connectivity index (χ1) is 7.15. The third-order valence-corrected chi connectivity index (χ3v) is 2.42. The molecule has 0 fully saturated rings. The van der Waals surface area contributed by atoms with Crippen LogP contribution in [-0.2, 0) is 0 Å². The Hall–Kier alpha value is -0.995. The van der Waals surface area contributed by atoms with Gasteiger partial charge in [-0.05, 0) is 12.0 Å². The van der Waals surface area contributed by atoms with Crippen molar-refractivity contribution in [1.29, 1.82) is 0 Å². The second-order valence-corrected chi connectivity index (χ2v) is 3.74. The van der Waals surface area contributed by atoms with Crippen molar-refractivity contribution < 1.29 is 14.8 Å². The Morgan fingerprint density at radius 3 is 2.60 bits per heavy atom. The van der Waals surface area contributed by atoms with Gasteiger partial charge in [0, 0.05) is 5.46 Å². The van der Waals surface area contributed by atoms with Crippen molar-refractivity contribution in [3.8, 4) is 5.75 Å². The van der Waals surface area contributed by atoms with E-state index in [1.54, 1.807) is 18.2 Å². The van der Waals surface area contributed by atoms with Crippen LogP contribution in [0, 0.1) is 5.92 Å². The summed E-state index contributed by atoms with van der Waals surface area (Å²) >= 11 is 0. The first-order valence-electron chi connectivity index (χ1n) is 5.23. The monoisotopic (exact) mass is 208 g/mol. The van der Waals surface area contributed by atoms with Gasteiger partial charge in [0.05, 0.1) is 6.61 Å². The molecule has 0 radical (unpaired) electrons. The minimum Gasteiger partial charge on any atom is -0.494 e. The molecule has 1 rings (SSSR count). The number of ether oxygens (including phenoxy) is 1. The topological polar surface area (TPSA) is 49.7 Å². The van der Waals surface area contributed by atoms with Gasteiger partial charge in [-0.1, -0.05) is 38.5 Å². The van der Waals surface area contributed by atoms with Crippen molar-refractivity contribution in [1.82, 2.24) is 0 Å². The molecule has 0 aliphatic heterocycles. The van der Waals surface area contributed by atoms with E-state index in [9.17, 15) is 0 Å². The molecule has 15 heavy (non-hydrogen) atoms. The molecule has 0 aliphatic rings. The first kappa shape index (κ1) is 12.1. The van der Waals surface area contributed by atoms with Gasteiger partial charge in [0.25, 0.3) is 0 Å². The van der Waals surface area contributed by atoms with Gasteiger partial charge in [-0.15, -0.1) is 0 Å². The largest absolute Gasteiger partial charge is 0.494 e. The highest BCUT2D eigenvalue weighted by Crippen LogP contribution is 2.10. The Morgan fingerprint density at radius 2 is 2.00 bits per heavy atom. The van der Waals surface area contributed by atoms with Gasteiger partial charge >= 0.3 is 7.12 Å². The van der Waals surface area contributed by atoms with Crippen LogP contribution in [-0.4, -0.2) is 23.8 Å². The summed E-state index contributed by atoms with van der Waals surface area (Å²) in [7, 11) is -1.47. The van der Waals surface area contributed by atoms with Gasteiger partial charge in [-0.25, -0.2) is 0 Å². The predicted octanol–water partition coefficient (Wildman–Crippen LogP) is 0.791. The Kier molecular flexibility index (Phi) is 4.65. The lowest BCUT2D eigenvalue weighted by atomic mass is 9.79. The predicted molar refractivity (Wildman–Crippen MR) is 61.2 cm³/mol. The van der Waals surface area contributed by atoms with Crippen LogP contribution in [0.1, 0.15) is 20.3 Å². The molecule has 4 heteroatoms. The fourth-order valence-corrected chi connectivity index (χ4v) is 1.18. The molecule has 0 heterocycles. The van der Waals surface area contributed by atoms with E-state index < -0.39 is 7.12 Å². The number of rotatable bonds is 5. The van der Waals surface area contributed by atoms with Crippen molar-refractivity contribution in [3.05, 3.63) is 24.3 Å². The molecule has 1 unspecified atom stereocenters. The SMILES string of the molecule is CCC(C)COc1ccccc1B(O)O. The maximum Gasteiger partial charge on any atom is 0.492 e. The third kappa shape index (κ3) is 3.57. The van der Waals surface area contributed by atoms with Crippen molar-refractivity contribution in [2.75, 3.05) is 6.61 Å². The van der Waals surface area contributed by atoms with Crippen molar-refractivity contribution in [2.24, 2.45) is 5.92 Å². The summed E-state index contributed by atoms with van der Waals surface area (Å²) in [4.78, 5) is 0. The van der Waals surface area contributed by atoms with Crippen LogP contribution in [0.15, 0.2) is 24.3 Å². The van der Waals surface area contributed by atoms with Crippen LogP contribution in [0.5, 0.6) is 5.75 Å². The van der Waals surface area contributed by atoms with Crippen LogP contribution in [0.4, 0.5) is 0 Å². The van der Waals surface area contributed by atoms with Crippen LogP contribution in [0.3, 0.4) is 0 Å². The average molecular weight is 208 g/mol. The summed E-state index contributed by atoms with van der Waals surface area (Å²) in [6.45, 7) is 4.79. The molecule has 0 saturated carbocycles. The van der Waals surface area contributed by atoms with E-state index in [4.69, 9.17) is 14.8 Å². The second kappa shape index (κ2) is 5.78. The summed E-state index contributed by atoms with van der Waals surface area (Å²) in [6.07, 6.45) is 1.05. The van der Waals surface area contributed by atoms with E-state index in [1.165, 1.54) is 0 Å². The number of hydrogen-bond acceptors (Lipinski definition) is 3. The van der Waals surface area contributed by atoms with Gasteiger partial charge in [0.15, 0.2) is 0 Å². The number of benzene rings is 1. The Balaban J connectivity index is 2.67. The van der Waals surface area contributed by atoms with Crippen LogP contribution in [0.2, 0.25) is 0 Å². The summed E-state index contributed by atoms with van der Waals surface area (Å²) < 4.78 is 5.53. The van der Waals surface area contributed by atoms with E-state index in [1.807, 2.05) is 6.07 Å². The van der Waals surface area contributed by atoms with Gasteiger partial charge in [0.2, 0.25) is 0 Å². The first-order valence-corrected chi connectivity index (χ1v) is 5.23. The summed E-state index contributed by atoms with van der Waals surface area (Å²) in [5.74, 6) is 1.02. The zero-order chi connectivity index (χ0) is 11.3. The van der Waals surface area contributed by atoms with Crippen LogP contribution < -0.4 is 10.2 Å². The molecule has 0 spiro atoms. The minimum absolute atomic E-state index is 0.417. The molecule has 2 N–H and O–H groups in total. The van der Waals surface area contributed by atoms with Crippen molar-refractivity contribution in [3.63, 3.8) is 0 Å². The molecule has 1 aromatic rings. The van der Waals surface area contributed by atoms with Crippen molar-refractivity contribution in [2.45, 2.75) is 20.3 Å². The molecule has 0 aromatic heterocycles. The lowest BCUT2D eigenvalue weighted by Gasteiger charge is -2.13. The van der Waals surface area contributed by atoms with Gasteiger partial charge in [0.1, 0.15) is 5.75 Å². The van der Waals surface area contributed by atoms with Crippen molar-refractivity contribution >= 4 is 12.6 Å². The fraction of sp³-hybridized carbons (Fsp3) is 0.455. The Labute approximate surface area is 90.9 Å². The maximum absolute atomic E-state index is 9.10. The molecule has 0 saturated heterocycles. The highest BCUT2D eigenvalue weighted by atomic mass is 16.5. The smallest absolute Gasteiger partial charge is 0.492 e. The van der Waals surface area contributed by atoms with Gasteiger partial charge in [-0.2, -0.15) is 0 Å². The molecule has 1 atom stereocenters. The Morgan fingerprint density at radius 1 is 1.33 bits per heavy atom. The molecule has 1 aromatic carbocycles. The molecular weight excluding hydrogens is 191 g/mol. The zero-order valence-corrected chi connectivity index (χ0v) is 9.18. The van der Waals surface area contributed by atoms with E-state index in [0.717, 1.165) is 6.42 Å². The number of hydrogen-bond donors (Lipinski definition) is 2. The van der Waals surface area contributed by atoms with E-state index >= 15 is 0 Å². The van der Waals surface area contributed by atoms with E-state index in [0.29, 0.717) is 23.7 Å². The lowest BCUT2D eigenvalue weighted by molar-refractivity contribution is 0.257. The quantitative estimate of drug-likeness (QED) is 0.703. The number of para-hydroxylation sites is 1. The van der Waals surface area contributed by atoms with Crippen LogP contribution in [0.25, 0.3) is 0 Å². The zero-order valence-electron chi connectivity index (χ0n) is 9.18. The normalized spacial score (nSPS) is 12.3. The van der Waals surface area contributed by atoms with E-state index in [2.05, 4.69) is 13.8 Å². The highest BCUT2D eigenvalue weighted by molar-refractivity contribution is 6.59. The van der Waals surface area contributed by atoms with Crippen LogP contribution >= 0.6 is 0 Å². The average Bonchev–Trinajstić information content (AvgIpc) is 2.26. The molecular formula is C11H17BO3. The molecule has 3 nitrogen and oxygen atoms in total. The third-order valence-electron chi connectivity index (χ3n) is 2.42. The maximum atomic E-state index is 9.10. The fourth-order valence-electron chi connectivity index (χ4n) is 1.18. The molecule has 0 amide bonds. The lowest BCUT2D eigenvalue weighted by Crippen LogP contribution is -2.31. The molecule has 82 valence electrons. The van der Waals surface area contributed by atoms with Gasteiger partial charge in [-0.3, -0.25) is 0 Å². The van der Waals surface area contributed by atoms with E-state index in [-0.39, 0.29) is 0 Å². The molecule has 0 aliphatic carbocycles. The standard InChI is InChI=1S/C11H17BO3/c1-3-9(2)8-15-11-7-5-4-6-10(11)12(13)14/h4-7,9,13-14H,3,8H2,1-2H3. The summed E-state index contributed by atoms with van der Waals surface area (Å²) in [5.41, 5.74) is 0.417. The summed E-state index contributed by atoms with van der Waals surface area (Å²) in [5, 5.41) is 18.2. The van der Waals surface area contributed by atoms with Gasteiger partial charge < -0.3 is 14.8 Å².